The Hall–Kier alpha value is -3.19. The maximum atomic E-state index is 12.9. The highest BCUT2D eigenvalue weighted by molar-refractivity contribution is 6.35. The van der Waals surface area contributed by atoms with Gasteiger partial charge in [0.05, 0.1) is 6.54 Å². The van der Waals surface area contributed by atoms with Crippen molar-refractivity contribution in [3.8, 4) is 0 Å². The minimum atomic E-state index is -0.902. The molecule has 0 saturated carbocycles. The number of para-hydroxylation sites is 1. The molecule has 0 fully saturated rings. The number of benzene rings is 2. The summed E-state index contributed by atoms with van der Waals surface area (Å²) in [5.74, 6) is -1.98. The molecule has 1 heterocycles. The molecule has 0 radical (unpaired) electrons. The molecule has 1 unspecified atom stereocenters. The van der Waals surface area contributed by atoms with Gasteiger partial charge in [0.25, 0.3) is 5.91 Å². The predicted molar refractivity (Wildman–Crippen MR) is 99.7 cm³/mol. The fraction of sp³-hybridized carbons (Fsp3) is 0.250. The maximum Gasteiger partial charge on any atom is 0.310 e. The van der Waals surface area contributed by atoms with E-state index in [-0.39, 0.29) is 19.1 Å². The highest BCUT2D eigenvalue weighted by Gasteiger charge is 2.38. The number of fused-ring (bicyclic) bond motifs is 1. The van der Waals surface area contributed by atoms with Crippen LogP contribution in [0.2, 0.25) is 0 Å². The van der Waals surface area contributed by atoms with Crippen LogP contribution in [0.25, 0.3) is 0 Å². The van der Waals surface area contributed by atoms with Crippen LogP contribution in [-0.4, -0.2) is 36.0 Å². The predicted octanol–water partition coefficient (Wildman–Crippen LogP) is 0.889. The number of hydrogen-bond donors (Lipinski definition) is 3. The summed E-state index contributed by atoms with van der Waals surface area (Å²) in [6.45, 7) is 0.495. The number of nitrogens with zero attached hydrogens (tertiary/aromatic N) is 1. The zero-order chi connectivity index (χ0) is 19.2. The summed E-state index contributed by atoms with van der Waals surface area (Å²) in [5, 5.41) is 13.7. The van der Waals surface area contributed by atoms with Gasteiger partial charge in [-0.15, -0.1) is 0 Å². The first-order valence-electron chi connectivity index (χ1n) is 8.75. The number of aliphatic hydroxyl groups excluding tert-OH is 1. The molecule has 3 N–H and O–H groups in total. The van der Waals surface area contributed by atoms with Crippen LogP contribution in [0.3, 0.4) is 0 Å². The SMILES string of the molecule is O=C(NCCCO)C(=O)NC1C(=O)N(Cc2ccccc2)c2ccccc21. The van der Waals surface area contributed by atoms with Crippen molar-refractivity contribution in [3.05, 3.63) is 65.7 Å². The Balaban J connectivity index is 1.75. The summed E-state index contributed by atoms with van der Waals surface area (Å²) in [7, 11) is 0. The van der Waals surface area contributed by atoms with E-state index in [0.29, 0.717) is 18.5 Å². The molecule has 2 aromatic carbocycles. The van der Waals surface area contributed by atoms with Crippen molar-refractivity contribution in [1.82, 2.24) is 10.6 Å². The molecule has 7 nitrogen and oxygen atoms in total. The molecule has 1 aliphatic heterocycles. The van der Waals surface area contributed by atoms with Crippen LogP contribution in [0.4, 0.5) is 5.69 Å². The van der Waals surface area contributed by atoms with Gasteiger partial charge in [-0.05, 0) is 18.1 Å². The van der Waals surface area contributed by atoms with Crippen molar-refractivity contribution in [1.29, 1.82) is 0 Å². The first kappa shape index (κ1) is 18.6. The van der Waals surface area contributed by atoms with Gasteiger partial charge < -0.3 is 20.6 Å². The molecule has 0 saturated heterocycles. The molecule has 0 aliphatic carbocycles. The van der Waals surface area contributed by atoms with E-state index in [1.807, 2.05) is 42.5 Å². The Bertz CT molecular complexity index is 838. The third kappa shape index (κ3) is 4.15. The molecule has 0 spiro atoms. The lowest BCUT2D eigenvalue weighted by molar-refractivity contribution is -0.140. The van der Waals surface area contributed by atoms with E-state index in [2.05, 4.69) is 10.6 Å². The summed E-state index contributed by atoms with van der Waals surface area (Å²) in [5.41, 5.74) is 2.35. The van der Waals surface area contributed by atoms with Gasteiger partial charge in [0.15, 0.2) is 0 Å². The minimum Gasteiger partial charge on any atom is -0.396 e. The van der Waals surface area contributed by atoms with Gasteiger partial charge >= 0.3 is 11.8 Å². The third-order valence-electron chi connectivity index (χ3n) is 4.34. The van der Waals surface area contributed by atoms with E-state index in [0.717, 1.165) is 11.3 Å². The van der Waals surface area contributed by atoms with Gasteiger partial charge in [-0.2, -0.15) is 0 Å². The van der Waals surface area contributed by atoms with Gasteiger partial charge in [0.1, 0.15) is 6.04 Å². The van der Waals surface area contributed by atoms with Crippen molar-refractivity contribution in [2.45, 2.75) is 19.0 Å². The van der Waals surface area contributed by atoms with Crippen LogP contribution in [0, 0.1) is 0 Å². The van der Waals surface area contributed by atoms with E-state index in [1.165, 1.54) is 0 Å². The molecule has 0 bridgehead atoms. The number of carbonyl (C=O) groups is 3. The molecule has 27 heavy (non-hydrogen) atoms. The van der Waals surface area contributed by atoms with E-state index < -0.39 is 17.9 Å². The summed E-state index contributed by atoms with van der Waals surface area (Å²) in [6.07, 6.45) is 0.356. The number of carbonyl (C=O) groups excluding carboxylic acids is 3. The smallest absolute Gasteiger partial charge is 0.310 e. The van der Waals surface area contributed by atoms with Crippen LogP contribution in [-0.2, 0) is 20.9 Å². The van der Waals surface area contributed by atoms with E-state index in [4.69, 9.17) is 5.11 Å². The van der Waals surface area contributed by atoms with Crippen LogP contribution in [0.1, 0.15) is 23.6 Å². The molecule has 3 amide bonds. The van der Waals surface area contributed by atoms with Gasteiger partial charge in [-0.25, -0.2) is 0 Å². The highest BCUT2D eigenvalue weighted by atomic mass is 16.3. The van der Waals surface area contributed by atoms with Gasteiger partial charge in [-0.3, -0.25) is 14.4 Å². The summed E-state index contributed by atoms with van der Waals surface area (Å²) in [6, 6.07) is 15.9. The van der Waals surface area contributed by atoms with Crippen LogP contribution < -0.4 is 15.5 Å². The van der Waals surface area contributed by atoms with Gasteiger partial charge in [-0.1, -0.05) is 48.5 Å². The van der Waals surface area contributed by atoms with Gasteiger partial charge in [0, 0.05) is 24.4 Å². The highest BCUT2D eigenvalue weighted by Crippen LogP contribution is 2.36. The average molecular weight is 367 g/mol. The van der Waals surface area contributed by atoms with Gasteiger partial charge in [0.2, 0.25) is 0 Å². The van der Waals surface area contributed by atoms with Crippen LogP contribution in [0.5, 0.6) is 0 Å². The lowest BCUT2D eigenvalue weighted by Gasteiger charge is -2.18. The zero-order valence-corrected chi connectivity index (χ0v) is 14.7. The van der Waals surface area contributed by atoms with E-state index in [1.54, 1.807) is 17.0 Å². The Morgan fingerprint density at radius 3 is 2.44 bits per heavy atom. The molecule has 140 valence electrons. The Labute approximate surface area is 157 Å². The average Bonchev–Trinajstić information content (AvgIpc) is 2.95. The maximum absolute atomic E-state index is 12.9. The lowest BCUT2D eigenvalue weighted by Crippen LogP contribution is -2.44. The van der Waals surface area contributed by atoms with Crippen LogP contribution in [0.15, 0.2) is 54.6 Å². The first-order chi connectivity index (χ1) is 13.1. The molecule has 1 atom stereocenters. The summed E-state index contributed by atoms with van der Waals surface area (Å²) < 4.78 is 0. The minimum absolute atomic E-state index is 0.0785. The van der Waals surface area contributed by atoms with Crippen molar-refractivity contribution >= 4 is 23.4 Å². The molecular weight excluding hydrogens is 346 g/mol. The lowest BCUT2D eigenvalue weighted by atomic mass is 10.1. The fourth-order valence-corrected chi connectivity index (χ4v) is 3.01. The zero-order valence-electron chi connectivity index (χ0n) is 14.7. The Morgan fingerprint density at radius 2 is 1.70 bits per heavy atom. The van der Waals surface area contributed by atoms with Crippen molar-refractivity contribution in [2.75, 3.05) is 18.1 Å². The monoisotopic (exact) mass is 367 g/mol. The molecule has 3 rings (SSSR count). The van der Waals surface area contributed by atoms with Crippen molar-refractivity contribution in [3.63, 3.8) is 0 Å². The largest absolute Gasteiger partial charge is 0.396 e. The quantitative estimate of drug-likeness (QED) is 0.522. The molecule has 7 heteroatoms. The molecular formula is C20H21N3O4. The second kappa shape index (κ2) is 8.46. The molecule has 1 aliphatic rings. The summed E-state index contributed by atoms with van der Waals surface area (Å²) in [4.78, 5) is 38.6. The van der Waals surface area contributed by atoms with Crippen LogP contribution >= 0.6 is 0 Å². The normalized spacial score (nSPS) is 15.4. The number of hydrogen-bond acceptors (Lipinski definition) is 4. The number of aliphatic hydroxyl groups is 1. The van der Waals surface area contributed by atoms with E-state index in [9.17, 15) is 14.4 Å². The fourth-order valence-electron chi connectivity index (χ4n) is 3.01. The van der Waals surface area contributed by atoms with E-state index >= 15 is 0 Å². The second-order valence-electron chi connectivity index (χ2n) is 6.21. The Morgan fingerprint density at radius 1 is 1.00 bits per heavy atom. The van der Waals surface area contributed by atoms with Crippen molar-refractivity contribution < 1.29 is 19.5 Å². The second-order valence-corrected chi connectivity index (χ2v) is 6.21. The molecule has 0 aromatic heterocycles. The first-order valence-corrected chi connectivity index (χ1v) is 8.75. The summed E-state index contributed by atoms with van der Waals surface area (Å²) >= 11 is 0. The van der Waals surface area contributed by atoms with Crippen molar-refractivity contribution in [2.24, 2.45) is 0 Å². The third-order valence-corrected chi connectivity index (χ3v) is 4.34. The molecule has 2 aromatic rings. The number of nitrogens with one attached hydrogen (secondary N) is 2. The number of rotatable bonds is 6. The standard InChI is InChI=1S/C20H21N3O4/c24-12-6-11-21-18(25)19(26)22-17-15-9-4-5-10-16(15)23(20(17)27)13-14-7-2-1-3-8-14/h1-5,7-10,17,24H,6,11-13H2,(H,21,25)(H,22,26). The Kier molecular flexibility index (Phi) is 5.83. The number of anilines is 1. The number of amides is 3. The topological polar surface area (TPSA) is 98.7 Å².